The molecule has 2 nitrogen and oxygen atoms in total. The Kier molecular flexibility index (Phi) is 2.69. The van der Waals surface area contributed by atoms with Crippen LogP contribution in [0.5, 0.6) is 0 Å². The van der Waals surface area contributed by atoms with Crippen molar-refractivity contribution in [3.8, 4) is 0 Å². The van der Waals surface area contributed by atoms with Crippen LogP contribution in [0.3, 0.4) is 0 Å². The summed E-state index contributed by atoms with van der Waals surface area (Å²) in [6.45, 7) is 1.01. The van der Waals surface area contributed by atoms with Gasteiger partial charge >= 0.3 is 6.18 Å². The smallest absolute Gasteiger partial charge is 0.383 e. The first kappa shape index (κ1) is 11.8. The molecule has 2 heterocycles. The van der Waals surface area contributed by atoms with Gasteiger partial charge in [0.1, 0.15) is 0 Å². The van der Waals surface area contributed by atoms with Crippen molar-refractivity contribution in [3.63, 3.8) is 0 Å². The van der Waals surface area contributed by atoms with Gasteiger partial charge in [0.15, 0.2) is 0 Å². The molecule has 0 amide bonds. The zero-order valence-electron chi connectivity index (χ0n) is 9.40. The highest BCUT2D eigenvalue weighted by Gasteiger charge is 2.37. The topological polar surface area (TPSA) is 24.1 Å². The van der Waals surface area contributed by atoms with Crippen molar-refractivity contribution in [3.05, 3.63) is 23.8 Å². The maximum atomic E-state index is 12.9. The molecule has 6 heteroatoms. The van der Waals surface area contributed by atoms with Crippen molar-refractivity contribution >= 4 is 28.7 Å². The fraction of sp³-hybridized carbons (Fsp3) is 0.333. The average Bonchev–Trinajstić information content (AvgIpc) is 2.34. The van der Waals surface area contributed by atoms with Gasteiger partial charge in [-0.05, 0) is 12.1 Å². The van der Waals surface area contributed by atoms with Gasteiger partial charge in [0.25, 0.3) is 0 Å². The van der Waals surface area contributed by atoms with Crippen LogP contribution in [0.15, 0.2) is 23.1 Å². The van der Waals surface area contributed by atoms with Crippen LogP contribution in [-0.4, -0.2) is 25.0 Å². The monoisotopic (exact) mass is 272 g/mol. The van der Waals surface area contributed by atoms with Crippen molar-refractivity contribution in [2.45, 2.75) is 11.1 Å². The molecule has 0 aliphatic carbocycles. The molecule has 0 saturated heterocycles. The highest BCUT2D eigenvalue weighted by atomic mass is 32.2. The second-order valence-corrected chi connectivity index (χ2v) is 5.30. The number of halogens is 3. The van der Waals surface area contributed by atoms with Crippen LogP contribution in [0.4, 0.5) is 24.5 Å². The normalized spacial score (nSPS) is 18.1. The summed E-state index contributed by atoms with van der Waals surface area (Å²) in [5.41, 5.74) is 1.06. The lowest BCUT2D eigenvalue weighted by Crippen LogP contribution is -2.19. The first-order valence-electron chi connectivity index (χ1n) is 5.62. The summed E-state index contributed by atoms with van der Waals surface area (Å²) in [6.07, 6.45) is -3.10. The molecule has 0 bridgehead atoms. The van der Waals surface area contributed by atoms with Crippen LogP contribution >= 0.6 is 11.8 Å². The Morgan fingerprint density at radius 3 is 2.72 bits per heavy atom. The van der Waals surface area contributed by atoms with E-state index < -0.39 is 11.7 Å². The Bertz CT molecular complexity index is 523. The summed E-state index contributed by atoms with van der Waals surface area (Å²) >= 11 is 1.67. The predicted molar refractivity (Wildman–Crippen MR) is 68.2 cm³/mol. The lowest BCUT2D eigenvalue weighted by atomic mass is 9.99. The number of alkyl halides is 3. The van der Waals surface area contributed by atoms with E-state index in [0.29, 0.717) is 5.69 Å². The maximum Gasteiger partial charge on any atom is 0.416 e. The van der Waals surface area contributed by atoms with Crippen LogP contribution in [-0.2, 0) is 0 Å². The van der Waals surface area contributed by atoms with Crippen LogP contribution in [0.2, 0.25) is 0 Å². The number of thioether (sulfide) groups is 1. The quantitative estimate of drug-likeness (QED) is 0.755. The Morgan fingerprint density at radius 2 is 1.94 bits per heavy atom. The summed E-state index contributed by atoms with van der Waals surface area (Å²) in [6, 6.07) is 3.41. The Hall–Kier alpha value is -1.30. The number of allylic oxidation sites excluding steroid dienone is 1. The van der Waals surface area contributed by atoms with Crippen LogP contribution in [0, 0.1) is 0 Å². The number of nitrogens with one attached hydrogen (secondary N) is 2. The number of rotatable bonds is 0. The van der Waals surface area contributed by atoms with Crippen molar-refractivity contribution in [1.82, 2.24) is 0 Å². The van der Waals surface area contributed by atoms with E-state index in [2.05, 4.69) is 10.6 Å². The van der Waals surface area contributed by atoms with Crippen molar-refractivity contribution in [2.75, 3.05) is 29.5 Å². The molecule has 0 radical (unpaired) electrons. The minimum atomic E-state index is -4.30. The van der Waals surface area contributed by atoms with Gasteiger partial charge in [-0.3, -0.25) is 0 Å². The number of benzene rings is 1. The zero-order chi connectivity index (χ0) is 12.8. The van der Waals surface area contributed by atoms with Gasteiger partial charge in [0, 0.05) is 40.7 Å². The summed E-state index contributed by atoms with van der Waals surface area (Å²) in [7, 11) is 0. The standard InChI is InChI=1S/C12H11F3N2S/c13-12(14,15)8-1-2-16-9-6-11-10(5-7(8)9)17-3-4-18-11/h1,5-6,16-17H,2-4H2. The van der Waals surface area contributed by atoms with Gasteiger partial charge in [-0.15, -0.1) is 11.8 Å². The third-order valence-corrected chi connectivity index (χ3v) is 4.05. The SMILES string of the molecule is FC(F)(F)C1=CCNc2cc3c(cc21)NCCS3. The van der Waals surface area contributed by atoms with Gasteiger partial charge < -0.3 is 10.6 Å². The minimum Gasteiger partial charge on any atom is -0.383 e. The molecule has 0 spiro atoms. The molecule has 18 heavy (non-hydrogen) atoms. The molecule has 0 saturated carbocycles. The van der Waals surface area contributed by atoms with E-state index in [1.807, 2.05) is 0 Å². The molecule has 3 rings (SSSR count). The lowest BCUT2D eigenvalue weighted by Gasteiger charge is -2.25. The number of hydrogen-bond donors (Lipinski definition) is 2. The molecule has 2 N–H and O–H groups in total. The van der Waals surface area contributed by atoms with E-state index >= 15 is 0 Å². The molecule has 2 aliphatic heterocycles. The highest BCUT2D eigenvalue weighted by Crippen LogP contribution is 2.44. The number of fused-ring (bicyclic) bond motifs is 2. The Labute approximate surface area is 107 Å². The first-order chi connectivity index (χ1) is 8.55. The number of anilines is 2. The summed E-state index contributed by atoms with van der Waals surface area (Å²) in [5.74, 6) is 0.938. The van der Waals surface area contributed by atoms with E-state index in [1.54, 1.807) is 23.9 Å². The zero-order valence-corrected chi connectivity index (χ0v) is 10.2. The molecule has 0 unspecified atom stereocenters. The van der Waals surface area contributed by atoms with Crippen molar-refractivity contribution in [2.24, 2.45) is 0 Å². The van der Waals surface area contributed by atoms with Gasteiger partial charge in [-0.2, -0.15) is 13.2 Å². The molecular weight excluding hydrogens is 261 g/mol. The summed E-state index contributed by atoms with van der Waals surface area (Å²) in [5, 5.41) is 6.14. The predicted octanol–water partition coefficient (Wildman–Crippen LogP) is 3.58. The molecule has 2 aliphatic rings. The Balaban J connectivity index is 2.11. The third kappa shape index (κ3) is 1.94. The third-order valence-electron chi connectivity index (χ3n) is 2.99. The first-order valence-corrected chi connectivity index (χ1v) is 6.60. The van der Waals surface area contributed by atoms with Gasteiger partial charge in [0.2, 0.25) is 0 Å². The summed E-state index contributed by atoms with van der Waals surface area (Å²) in [4.78, 5) is 1.01. The molecule has 0 fully saturated rings. The maximum absolute atomic E-state index is 12.9. The van der Waals surface area contributed by atoms with E-state index in [4.69, 9.17) is 0 Å². The van der Waals surface area contributed by atoms with E-state index in [1.165, 1.54) is 6.08 Å². The molecule has 96 valence electrons. The number of hydrogen-bond acceptors (Lipinski definition) is 3. The second-order valence-electron chi connectivity index (χ2n) is 4.17. The average molecular weight is 272 g/mol. The molecule has 0 aromatic heterocycles. The van der Waals surface area contributed by atoms with Gasteiger partial charge in [0.05, 0.1) is 5.57 Å². The van der Waals surface area contributed by atoms with E-state index in [9.17, 15) is 13.2 Å². The molecular formula is C12H11F3N2S. The molecule has 1 aromatic rings. The van der Waals surface area contributed by atoms with Crippen LogP contribution in [0.1, 0.15) is 5.56 Å². The fourth-order valence-corrected chi connectivity index (χ4v) is 3.11. The van der Waals surface area contributed by atoms with E-state index in [-0.39, 0.29) is 12.1 Å². The Morgan fingerprint density at radius 1 is 1.11 bits per heavy atom. The minimum absolute atomic E-state index is 0.221. The lowest BCUT2D eigenvalue weighted by molar-refractivity contribution is -0.0690. The van der Waals surface area contributed by atoms with Crippen molar-refractivity contribution < 1.29 is 13.2 Å². The van der Waals surface area contributed by atoms with Gasteiger partial charge in [-0.25, -0.2) is 0 Å². The van der Waals surface area contributed by atoms with Crippen molar-refractivity contribution in [1.29, 1.82) is 0 Å². The molecule has 0 atom stereocenters. The fourth-order valence-electron chi connectivity index (χ4n) is 2.19. The van der Waals surface area contributed by atoms with Crippen LogP contribution < -0.4 is 10.6 Å². The van der Waals surface area contributed by atoms with Gasteiger partial charge in [-0.1, -0.05) is 6.08 Å². The largest absolute Gasteiger partial charge is 0.416 e. The molecule has 1 aromatic carbocycles. The summed E-state index contributed by atoms with van der Waals surface area (Å²) < 4.78 is 38.8. The second kappa shape index (κ2) is 4.12. The van der Waals surface area contributed by atoms with Crippen LogP contribution in [0.25, 0.3) is 5.57 Å². The van der Waals surface area contributed by atoms with E-state index in [0.717, 1.165) is 22.9 Å². The highest BCUT2D eigenvalue weighted by molar-refractivity contribution is 7.99.